The molecule has 2 aromatic rings. The molecule has 174 valence electrons. The highest BCUT2D eigenvalue weighted by Crippen LogP contribution is 2.39. The van der Waals surface area contributed by atoms with Crippen molar-refractivity contribution in [3.8, 4) is 5.75 Å². The highest BCUT2D eigenvalue weighted by molar-refractivity contribution is 6.03. The number of likely N-dealkylation sites (N-methyl/N-ethyl adjacent to an activating group) is 1. The molecule has 4 N–H and O–H groups in total. The first-order chi connectivity index (χ1) is 15.8. The van der Waals surface area contributed by atoms with Crippen LogP contribution in [0.15, 0.2) is 41.4 Å². The largest absolute Gasteiger partial charge is 0.582 e. The number of nitrogens with one attached hydrogen (secondary N) is 2. The molecule has 9 heteroatoms. The Morgan fingerprint density at radius 1 is 1.21 bits per heavy atom. The van der Waals surface area contributed by atoms with Crippen LogP contribution in [0.1, 0.15) is 24.5 Å². The van der Waals surface area contributed by atoms with Gasteiger partial charge in [-0.15, -0.1) is 0 Å². The van der Waals surface area contributed by atoms with Gasteiger partial charge in [0.15, 0.2) is 11.9 Å². The van der Waals surface area contributed by atoms with Crippen molar-refractivity contribution in [2.75, 3.05) is 43.4 Å². The number of hydrogen-bond acceptors (Lipinski definition) is 5. The average Bonchev–Trinajstić information content (AvgIpc) is 2.78. The molecule has 33 heavy (non-hydrogen) atoms. The first kappa shape index (κ1) is 22.7. The number of amidine groups is 1. The molecule has 0 radical (unpaired) electrons. The number of ether oxygens (including phenoxy) is 1. The van der Waals surface area contributed by atoms with E-state index in [4.69, 9.17) is 15.3 Å². The van der Waals surface area contributed by atoms with Crippen LogP contribution in [0.2, 0.25) is 0 Å². The van der Waals surface area contributed by atoms with E-state index in [9.17, 15) is 9.18 Å². The molecule has 1 atom stereocenters. The van der Waals surface area contributed by atoms with Crippen LogP contribution in [-0.2, 0) is 11.2 Å². The molecule has 0 saturated carbocycles. The van der Waals surface area contributed by atoms with Crippen LogP contribution >= 0.6 is 0 Å². The fraction of sp³-hybridized carbons (Fsp3) is 0.375. The fourth-order valence-corrected chi connectivity index (χ4v) is 4.08. The van der Waals surface area contributed by atoms with Gasteiger partial charge >= 0.3 is 5.90 Å². The molecule has 2 heterocycles. The minimum Gasteiger partial charge on any atom is -0.582 e. The number of aryl methyl sites for hydroxylation is 1. The lowest BCUT2D eigenvalue weighted by atomic mass is 9.99. The number of anilines is 2. The summed E-state index contributed by atoms with van der Waals surface area (Å²) < 4.78 is 20.4. The van der Waals surface area contributed by atoms with Crippen LogP contribution < -0.4 is 15.0 Å². The van der Waals surface area contributed by atoms with Crippen LogP contribution in [-0.4, -0.2) is 67.0 Å². The lowest BCUT2D eigenvalue weighted by Gasteiger charge is -2.37. The fourth-order valence-electron chi connectivity index (χ4n) is 4.08. The zero-order valence-corrected chi connectivity index (χ0v) is 18.8. The maximum Gasteiger partial charge on any atom is 0.329 e. The standard InChI is InChI=1S/C24H28FN5O3/c1-15(31)27-23(26)16-3-6-19(7-4-16)28-24(32)21-8-5-17-13-18(25)14-20(22(17)33-21)30-11-9-29(2)10-12-30/h3-4,6-7,13-14,21H,5,8-12H2,1-2H3,(H,28,32)(H2,26,27,31)/p+1. The Morgan fingerprint density at radius 3 is 2.58 bits per heavy atom. The number of fused-ring (bicyclic) bond motifs is 1. The molecular weight excluding hydrogens is 425 g/mol. The van der Waals surface area contributed by atoms with Gasteiger partial charge in [0.25, 0.3) is 5.91 Å². The molecular formula is C24H29FN5O3+. The molecule has 2 aliphatic rings. The summed E-state index contributed by atoms with van der Waals surface area (Å²) in [5.74, 6) is 0.0981. The van der Waals surface area contributed by atoms with Crippen molar-refractivity contribution in [3.05, 3.63) is 53.3 Å². The van der Waals surface area contributed by atoms with Crippen molar-refractivity contribution in [1.82, 2.24) is 4.90 Å². The van der Waals surface area contributed by atoms with Gasteiger partial charge < -0.3 is 25.0 Å². The van der Waals surface area contributed by atoms with Crippen LogP contribution in [0.25, 0.3) is 0 Å². The maximum atomic E-state index is 14.3. The molecule has 0 aromatic heterocycles. The number of amides is 1. The first-order valence-corrected chi connectivity index (χ1v) is 11.0. The Labute approximate surface area is 192 Å². The second-order valence-electron chi connectivity index (χ2n) is 8.46. The SMILES string of the molecule is CC([OH2+])=NC(=N)c1ccc(NC(=O)C2CCc3cc(F)cc(N4CCN(C)CC4)c3O2)cc1. The lowest BCUT2D eigenvalue weighted by Crippen LogP contribution is -2.45. The van der Waals surface area contributed by atoms with E-state index in [2.05, 4.69) is 27.2 Å². The van der Waals surface area contributed by atoms with Gasteiger partial charge in [-0.2, -0.15) is 4.99 Å². The molecule has 1 amide bonds. The lowest BCUT2D eigenvalue weighted by molar-refractivity contribution is -0.123. The number of piperazine rings is 1. The van der Waals surface area contributed by atoms with E-state index in [0.717, 1.165) is 31.7 Å². The van der Waals surface area contributed by atoms with Gasteiger partial charge in [-0.1, -0.05) is 0 Å². The summed E-state index contributed by atoms with van der Waals surface area (Å²) in [5, 5.41) is 18.1. The van der Waals surface area contributed by atoms with Crippen molar-refractivity contribution in [1.29, 1.82) is 5.41 Å². The average molecular weight is 455 g/mol. The Kier molecular flexibility index (Phi) is 6.60. The number of aliphatic imine (C=N–C) groups is 1. The van der Waals surface area contributed by atoms with E-state index < -0.39 is 6.10 Å². The van der Waals surface area contributed by atoms with Gasteiger partial charge in [-0.3, -0.25) is 10.2 Å². The monoisotopic (exact) mass is 454 g/mol. The normalized spacial score (nSPS) is 18.9. The van der Waals surface area contributed by atoms with Crippen LogP contribution in [0.5, 0.6) is 5.75 Å². The molecule has 8 nitrogen and oxygen atoms in total. The Hall–Kier alpha value is -3.46. The summed E-state index contributed by atoms with van der Waals surface area (Å²) in [5.41, 5.74) is 2.64. The van der Waals surface area contributed by atoms with Gasteiger partial charge in [0.1, 0.15) is 11.6 Å². The van der Waals surface area contributed by atoms with Crippen LogP contribution in [0.3, 0.4) is 0 Å². The third-order valence-electron chi connectivity index (χ3n) is 5.89. The maximum absolute atomic E-state index is 14.3. The molecule has 2 aromatic carbocycles. The number of nitrogens with zero attached hydrogens (tertiary/aromatic N) is 3. The quantitative estimate of drug-likeness (QED) is 0.421. The van der Waals surface area contributed by atoms with Gasteiger partial charge in [0.05, 0.1) is 12.6 Å². The van der Waals surface area contributed by atoms with Crippen molar-refractivity contribution < 1.29 is 19.0 Å². The first-order valence-electron chi connectivity index (χ1n) is 11.0. The van der Waals surface area contributed by atoms with Crippen LogP contribution in [0.4, 0.5) is 15.8 Å². The summed E-state index contributed by atoms with van der Waals surface area (Å²) in [6.07, 6.45) is 0.347. The second-order valence-corrected chi connectivity index (χ2v) is 8.46. The number of benzene rings is 2. The molecule has 1 saturated heterocycles. The highest BCUT2D eigenvalue weighted by atomic mass is 19.1. The Balaban J connectivity index is 1.47. The van der Waals surface area contributed by atoms with E-state index >= 15 is 0 Å². The third kappa shape index (κ3) is 5.31. The summed E-state index contributed by atoms with van der Waals surface area (Å²) in [4.78, 5) is 21.1. The second kappa shape index (κ2) is 9.58. The summed E-state index contributed by atoms with van der Waals surface area (Å²) in [7, 11) is 2.06. The molecule has 0 spiro atoms. The molecule has 1 unspecified atom stereocenters. The van der Waals surface area contributed by atoms with E-state index in [-0.39, 0.29) is 23.5 Å². The number of carbonyl (C=O) groups excluding carboxylic acids is 1. The number of rotatable bonds is 4. The van der Waals surface area contributed by atoms with Crippen molar-refractivity contribution in [3.63, 3.8) is 0 Å². The van der Waals surface area contributed by atoms with E-state index in [1.807, 2.05) is 0 Å². The minimum absolute atomic E-state index is 0.00346. The zero-order valence-electron chi connectivity index (χ0n) is 18.8. The topological polar surface area (TPSA) is 104 Å². The number of carbonyl (C=O) groups is 1. The van der Waals surface area contributed by atoms with Crippen molar-refractivity contribution in [2.45, 2.75) is 25.9 Å². The number of hydrogen-bond donors (Lipinski definition) is 2. The third-order valence-corrected chi connectivity index (χ3v) is 5.89. The molecule has 4 rings (SSSR count). The molecule has 1 fully saturated rings. The van der Waals surface area contributed by atoms with Gasteiger partial charge in [-0.25, -0.2) is 4.39 Å². The van der Waals surface area contributed by atoms with Gasteiger partial charge in [-0.05, 0) is 55.8 Å². The van der Waals surface area contributed by atoms with Gasteiger partial charge in [0, 0.05) is 43.5 Å². The zero-order chi connectivity index (χ0) is 23.5. The summed E-state index contributed by atoms with van der Waals surface area (Å²) >= 11 is 0. The van der Waals surface area contributed by atoms with Crippen molar-refractivity contribution >= 4 is 29.0 Å². The smallest absolute Gasteiger partial charge is 0.329 e. The van der Waals surface area contributed by atoms with E-state index in [1.165, 1.54) is 19.1 Å². The van der Waals surface area contributed by atoms with E-state index in [0.29, 0.717) is 35.5 Å². The Bertz CT molecular complexity index is 1070. The Morgan fingerprint density at radius 2 is 1.91 bits per heavy atom. The predicted octanol–water partition coefficient (Wildman–Crippen LogP) is 2.38. The minimum atomic E-state index is -0.678. The predicted molar refractivity (Wildman–Crippen MR) is 127 cm³/mol. The summed E-state index contributed by atoms with van der Waals surface area (Å²) in [6.45, 7) is 4.83. The molecule has 0 aliphatic carbocycles. The van der Waals surface area contributed by atoms with E-state index in [1.54, 1.807) is 24.3 Å². The molecule has 0 bridgehead atoms. The van der Waals surface area contributed by atoms with Crippen LogP contribution in [0, 0.1) is 11.2 Å². The summed E-state index contributed by atoms with van der Waals surface area (Å²) in [6, 6.07) is 9.74. The van der Waals surface area contributed by atoms with Gasteiger partial charge in [0.2, 0.25) is 0 Å². The number of halogens is 1. The highest BCUT2D eigenvalue weighted by Gasteiger charge is 2.30. The van der Waals surface area contributed by atoms with Crippen molar-refractivity contribution in [2.24, 2.45) is 4.99 Å². The molecule has 2 aliphatic heterocycles.